The Morgan fingerprint density at radius 1 is 1.10 bits per heavy atom. The summed E-state index contributed by atoms with van der Waals surface area (Å²) in [5.41, 5.74) is 2.77. The lowest BCUT2D eigenvalue weighted by atomic mass is 10.1. The van der Waals surface area contributed by atoms with E-state index in [4.69, 9.17) is 0 Å². The summed E-state index contributed by atoms with van der Waals surface area (Å²) < 4.78 is 4.67. The Kier molecular flexibility index (Phi) is 5.07. The SMILES string of the molecule is COC(=O)c1ccc(CNc2ccc(SC)cc2)cc1. The van der Waals surface area contributed by atoms with E-state index in [0.717, 1.165) is 17.8 Å². The van der Waals surface area contributed by atoms with Gasteiger partial charge < -0.3 is 10.1 Å². The summed E-state index contributed by atoms with van der Waals surface area (Å²) >= 11 is 1.73. The quantitative estimate of drug-likeness (QED) is 0.670. The normalized spacial score (nSPS) is 10.1. The van der Waals surface area contributed by atoms with Crippen molar-refractivity contribution in [2.45, 2.75) is 11.4 Å². The highest BCUT2D eigenvalue weighted by molar-refractivity contribution is 7.98. The molecule has 0 aliphatic heterocycles. The predicted molar refractivity (Wildman–Crippen MR) is 83.3 cm³/mol. The van der Waals surface area contributed by atoms with Crippen molar-refractivity contribution in [1.29, 1.82) is 0 Å². The molecule has 0 saturated heterocycles. The van der Waals surface area contributed by atoms with Crippen LogP contribution < -0.4 is 5.32 Å². The minimum atomic E-state index is -0.308. The molecule has 0 unspecified atom stereocenters. The summed E-state index contributed by atoms with van der Waals surface area (Å²) in [5, 5.41) is 3.35. The smallest absolute Gasteiger partial charge is 0.337 e. The molecule has 0 heterocycles. The Morgan fingerprint density at radius 2 is 1.75 bits per heavy atom. The third-order valence-corrected chi connectivity index (χ3v) is 3.71. The average molecular weight is 287 g/mol. The third kappa shape index (κ3) is 3.78. The lowest BCUT2D eigenvalue weighted by molar-refractivity contribution is 0.0600. The largest absolute Gasteiger partial charge is 0.465 e. The predicted octanol–water partition coefficient (Wildman–Crippen LogP) is 3.81. The number of carbonyl (C=O) groups excluding carboxylic acids is 1. The van der Waals surface area contributed by atoms with Crippen LogP contribution in [0.15, 0.2) is 53.4 Å². The van der Waals surface area contributed by atoms with Crippen molar-refractivity contribution in [3.63, 3.8) is 0 Å². The van der Waals surface area contributed by atoms with Crippen LogP contribution in [0.1, 0.15) is 15.9 Å². The van der Waals surface area contributed by atoms with E-state index >= 15 is 0 Å². The van der Waals surface area contributed by atoms with E-state index in [1.807, 2.05) is 12.1 Å². The van der Waals surface area contributed by atoms with Gasteiger partial charge in [0.2, 0.25) is 0 Å². The van der Waals surface area contributed by atoms with Gasteiger partial charge in [-0.2, -0.15) is 0 Å². The maximum absolute atomic E-state index is 11.3. The van der Waals surface area contributed by atoms with Gasteiger partial charge >= 0.3 is 5.97 Å². The number of benzene rings is 2. The van der Waals surface area contributed by atoms with E-state index < -0.39 is 0 Å². The van der Waals surface area contributed by atoms with E-state index in [0.29, 0.717) is 5.56 Å². The second kappa shape index (κ2) is 7.01. The van der Waals surface area contributed by atoms with Gasteiger partial charge in [-0.15, -0.1) is 11.8 Å². The summed E-state index contributed by atoms with van der Waals surface area (Å²) in [6.07, 6.45) is 2.06. The topological polar surface area (TPSA) is 38.3 Å². The van der Waals surface area contributed by atoms with Crippen molar-refractivity contribution in [2.24, 2.45) is 0 Å². The molecular formula is C16H17NO2S. The van der Waals surface area contributed by atoms with Crippen LogP contribution in [0, 0.1) is 0 Å². The number of hydrogen-bond donors (Lipinski definition) is 1. The van der Waals surface area contributed by atoms with Crippen LogP contribution >= 0.6 is 11.8 Å². The molecule has 1 N–H and O–H groups in total. The zero-order valence-electron chi connectivity index (χ0n) is 11.6. The standard InChI is InChI=1S/C16H17NO2S/c1-19-16(18)13-5-3-12(4-6-13)11-17-14-7-9-15(20-2)10-8-14/h3-10,17H,11H2,1-2H3. The lowest BCUT2D eigenvalue weighted by Gasteiger charge is -2.07. The molecule has 0 aromatic heterocycles. The molecule has 0 aliphatic rings. The van der Waals surface area contributed by atoms with Gasteiger partial charge in [-0.1, -0.05) is 12.1 Å². The molecule has 20 heavy (non-hydrogen) atoms. The van der Waals surface area contributed by atoms with Crippen molar-refractivity contribution >= 4 is 23.4 Å². The number of nitrogens with one attached hydrogen (secondary N) is 1. The van der Waals surface area contributed by atoms with Crippen LogP contribution in [0.25, 0.3) is 0 Å². The number of rotatable bonds is 5. The molecule has 0 amide bonds. The number of esters is 1. The lowest BCUT2D eigenvalue weighted by Crippen LogP contribution is -2.03. The van der Waals surface area contributed by atoms with Crippen LogP contribution in [0.5, 0.6) is 0 Å². The molecule has 0 fully saturated rings. The molecule has 0 aliphatic carbocycles. The number of methoxy groups -OCH3 is 1. The first-order chi connectivity index (χ1) is 9.72. The molecule has 0 atom stereocenters. The molecule has 0 saturated carbocycles. The van der Waals surface area contributed by atoms with Crippen LogP contribution in [0.2, 0.25) is 0 Å². The molecule has 0 radical (unpaired) electrons. The van der Waals surface area contributed by atoms with E-state index in [1.54, 1.807) is 23.9 Å². The minimum Gasteiger partial charge on any atom is -0.465 e. The van der Waals surface area contributed by atoms with Gasteiger partial charge in [-0.3, -0.25) is 0 Å². The summed E-state index contributed by atoms with van der Waals surface area (Å²) in [6.45, 7) is 0.722. The van der Waals surface area contributed by atoms with Crippen molar-refractivity contribution in [3.05, 3.63) is 59.7 Å². The van der Waals surface area contributed by atoms with Gasteiger partial charge in [0.25, 0.3) is 0 Å². The second-order valence-electron chi connectivity index (χ2n) is 4.27. The van der Waals surface area contributed by atoms with Crippen LogP contribution in [-0.4, -0.2) is 19.3 Å². The molecule has 3 nitrogen and oxygen atoms in total. The molecule has 0 spiro atoms. The fourth-order valence-corrected chi connectivity index (χ4v) is 2.20. The summed E-state index contributed by atoms with van der Waals surface area (Å²) in [7, 11) is 1.38. The number of carbonyl (C=O) groups is 1. The highest BCUT2D eigenvalue weighted by atomic mass is 32.2. The third-order valence-electron chi connectivity index (χ3n) is 2.96. The first kappa shape index (κ1) is 14.5. The maximum atomic E-state index is 11.3. The fourth-order valence-electron chi connectivity index (χ4n) is 1.79. The molecule has 2 aromatic carbocycles. The van der Waals surface area contributed by atoms with Gasteiger partial charge in [-0.25, -0.2) is 4.79 Å². The van der Waals surface area contributed by atoms with E-state index in [1.165, 1.54) is 12.0 Å². The van der Waals surface area contributed by atoms with E-state index in [9.17, 15) is 4.79 Å². The summed E-state index contributed by atoms with van der Waals surface area (Å²) in [5.74, 6) is -0.308. The van der Waals surface area contributed by atoms with Gasteiger partial charge in [0.15, 0.2) is 0 Å². The highest BCUT2D eigenvalue weighted by Crippen LogP contribution is 2.18. The van der Waals surface area contributed by atoms with E-state index in [2.05, 4.69) is 40.6 Å². The van der Waals surface area contributed by atoms with Crippen molar-refractivity contribution in [1.82, 2.24) is 0 Å². The summed E-state index contributed by atoms with van der Waals surface area (Å²) in [4.78, 5) is 12.6. The molecule has 4 heteroatoms. The first-order valence-electron chi connectivity index (χ1n) is 6.28. The Hall–Kier alpha value is -1.94. The molecule has 2 aromatic rings. The zero-order valence-corrected chi connectivity index (χ0v) is 12.4. The number of anilines is 1. The van der Waals surface area contributed by atoms with Crippen molar-refractivity contribution < 1.29 is 9.53 Å². The number of ether oxygens (including phenoxy) is 1. The van der Waals surface area contributed by atoms with Crippen LogP contribution in [0.4, 0.5) is 5.69 Å². The minimum absolute atomic E-state index is 0.308. The molecular weight excluding hydrogens is 270 g/mol. The van der Waals surface area contributed by atoms with Gasteiger partial charge in [-0.05, 0) is 48.2 Å². The first-order valence-corrected chi connectivity index (χ1v) is 7.50. The Labute approximate surface area is 123 Å². The zero-order chi connectivity index (χ0) is 14.4. The molecule has 104 valence electrons. The van der Waals surface area contributed by atoms with Gasteiger partial charge in [0, 0.05) is 17.1 Å². The Bertz CT molecular complexity index is 564. The summed E-state index contributed by atoms with van der Waals surface area (Å²) in [6, 6.07) is 15.7. The second-order valence-corrected chi connectivity index (χ2v) is 5.15. The van der Waals surface area contributed by atoms with E-state index in [-0.39, 0.29) is 5.97 Å². The van der Waals surface area contributed by atoms with Crippen LogP contribution in [0.3, 0.4) is 0 Å². The Morgan fingerprint density at radius 3 is 2.30 bits per heavy atom. The Balaban J connectivity index is 1.94. The van der Waals surface area contributed by atoms with Crippen molar-refractivity contribution in [3.8, 4) is 0 Å². The molecule has 2 rings (SSSR count). The monoisotopic (exact) mass is 287 g/mol. The highest BCUT2D eigenvalue weighted by Gasteiger charge is 2.04. The average Bonchev–Trinajstić information content (AvgIpc) is 2.53. The van der Waals surface area contributed by atoms with Crippen LogP contribution in [-0.2, 0) is 11.3 Å². The maximum Gasteiger partial charge on any atom is 0.337 e. The molecule has 0 bridgehead atoms. The van der Waals surface area contributed by atoms with Crippen molar-refractivity contribution in [2.75, 3.05) is 18.7 Å². The number of hydrogen-bond acceptors (Lipinski definition) is 4. The number of thioether (sulfide) groups is 1. The van der Waals surface area contributed by atoms with Gasteiger partial charge in [0.05, 0.1) is 12.7 Å². The van der Waals surface area contributed by atoms with Gasteiger partial charge in [0.1, 0.15) is 0 Å². The fraction of sp³-hybridized carbons (Fsp3) is 0.188.